The van der Waals surface area contributed by atoms with Gasteiger partial charge >= 0.3 is 0 Å². The van der Waals surface area contributed by atoms with Crippen molar-refractivity contribution < 1.29 is 4.42 Å². The zero-order valence-electron chi connectivity index (χ0n) is 13.9. The Bertz CT molecular complexity index is 1440. The molecule has 0 saturated heterocycles. The number of hydrazine groups is 1. The molecule has 0 unspecified atom stereocenters. The highest BCUT2D eigenvalue weighted by Crippen LogP contribution is 2.33. The zero-order valence-corrected chi connectivity index (χ0v) is 13.9. The van der Waals surface area contributed by atoms with Crippen LogP contribution in [0.4, 0.5) is 0 Å². The van der Waals surface area contributed by atoms with Crippen molar-refractivity contribution in [1.29, 1.82) is 0 Å². The largest absolute Gasteiger partial charge is 0.464 e. The normalized spacial score (nSPS) is 13.5. The number of nitrogens with zero attached hydrogens (tertiary/aromatic N) is 1. The molecule has 0 bridgehead atoms. The van der Waals surface area contributed by atoms with Gasteiger partial charge in [0.1, 0.15) is 11.4 Å². The van der Waals surface area contributed by atoms with Gasteiger partial charge in [-0.3, -0.25) is 9.99 Å². The standard InChI is InChI=1S/C22H15N3O/c1-2-6-16-15(5-1)13-23-24-22(16)25-19-8-4-3-7-17(19)18-11-14-9-10-26-21(14)12-20(18)25/h1-13,23-24H. The van der Waals surface area contributed by atoms with Crippen LogP contribution in [0.25, 0.3) is 44.8 Å². The van der Waals surface area contributed by atoms with Crippen LogP contribution in [0.15, 0.2) is 77.4 Å². The van der Waals surface area contributed by atoms with Crippen LogP contribution in [0.5, 0.6) is 0 Å². The monoisotopic (exact) mass is 337 g/mol. The molecule has 1 aliphatic rings. The van der Waals surface area contributed by atoms with Crippen LogP contribution >= 0.6 is 0 Å². The van der Waals surface area contributed by atoms with Crippen LogP contribution in [0.1, 0.15) is 0 Å². The smallest absolute Gasteiger partial charge is 0.137 e. The second-order valence-corrected chi connectivity index (χ2v) is 6.53. The molecular weight excluding hydrogens is 322 g/mol. The van der Waals surface area contributed by atoms with E-state index in [9.17, 15) is 0 Å². The quantitative estimate of drug-likeness (QED) is 0.494. The van der Waals surface area contributed by atoms with E-state index in [1.165, 1.54) is 10.8 Å². The minimum Gasteiger partial charge on any atom is -0.464 e. The van der Waals surface area contributed by atoms with E-state index in [1.54, 1.807) is 6.26 Å². The van der Waals surface area contributed by atoms with Crippen molar-refractivity contribution in [2.24, 2.45) is 0 Å². The molecule has 0 spiro atoms. The highest BCUT2D eigenvalue weighted by molar-refractivity contribution is 6.13. The third-order valence-electron chi connectivity index (χ3n) is 5.10. The number of aromatic nitrogens is 1. The highest BCUT2D eigenvalue weighted by atomic mass is 16.3. The molecule has 26 heavy (non-hydrogen) atoms. The first-order valence-electron chi connectivity index (χ1n) is 8.62. The van der Waals surface area contributed by atoms with E-state index in [4.69, 9.17) is 4.42 Å². The molecule has 2 aromatic heterocycles. The molecule has 0 aliphatic carbocycles. The predicted octanol–water partition coefficient (Wildman–Crippen LogP) is 3.00. The maximum atomic E-state index is 5.67. The van der Waals surface area contributed by atoms with E-state index in [2.05, 4.69) is 76.1 Å². The van der Waals surface area contributed by atoms with Crippen LogP contribution in [-0.2, 0) is 0 Å². The lowest BCUT2D eigenvalue weighted by Gasteiger charge is -2.18. The molecule has 0 fully saturated rings. The number of hydrogen-bond donors (Lipinski definition) is 2. The van der Waals surface area contributed by atoms with Gasteiger partial charge in [0.25, 0.3) is 0 Å². The summed E-state index contributed by atoms with van der Waals surface area (Å²) in [5.41, 5.74) is 9.71. The Morgan fingerprint density at radius 3 is 2.69 bits per heavy atom. The number of rotatable bonds is 1. The molecule has 0 radical (unpaired) electrons. The van der Waals surface area contributed by atoms with Gasteiger partial charge in [-0.05, 0) is 18.2 Å². The molecule has 4 nitrogen and oxygen atoms in total. The Morgan fingerprint density at radius 2 is 1.69 bits per heavy atom. The Morgan fingerprint density at radius 1 is 0.808 bits per heavy atom. The third kappa shape index (κ3) is 1.73. The van der Waals surface area contributed by atoms with E-state index in [0.29, 0.717) is 0 Å². The summed E-state index contributed by atoms with van der Waals surface area (Å²) in [5, 5.41) is 5.89. The summed E-state index contributed by atoms with van der Waals surface area (Å²) in [6, 6.07) is 23.2. The van der Waals surface area contributed by atoms with Crippen LogP contribution in [-0.4, -0.2) is 4.57 Å². The van der Waals surface area contributed by atoms with Crippen LogP contribution < -0.4 is 21.3 Å². The highest BCUT2D eigenvalue weighted by Gasteiger charge is 2.16. The van der Waals surface area contributed by atoms with Crippen molar-refractivity contribution in [1.82, 2.24) is 15.4 Å². The summed E-state index contributed by atoms with van der Waals surface area (Å²) in [5.74, 6) is 1.01. The van der Waals surface area contributed by atoms with E-state index in [1.807, 2.05) is 12.3 Å². The number of nitrogens with one attached hydrogen (secondary N) is 2. The maximum Gasteiger partial charge on any atom is 0.137 e. The summed E-state index contributed by atoms with van der Waals surface area (Å²) in [6.45, 7) is 0. The number of para-hydroxylation sites is 1. The fourth-order valence-corrected chi connectivity index (χ4v) is 3.93. The van der Waals surface area contributed by atoms with Crippen molar-refractivity contribution in [2.75, 3.05) is 0 Å². The van der Waals surface area contributed by atoms with Gasteiger partial charge in [0.05, 0.1) is 17.3 Å². The molecule has 2 N–H and O–H groups in total. The second-order valence-electron chi connectivity index (χ2n) is 6.53. The van der Waals surface area contributed by atoms with Crippen molar-refractivity contribution in [3.05, 3.63) is 83.4 Å². The molecule has 6 rings (SSSR count). The first-order chi connectivity index (χ1) is 12.9. The predicted molar refractivity (Wildman–Crippen MR) is 104 cm³/mol. The second kappa shape index (κ2) is 4.92. The summed E-state index contributed by atoms with van der Waals surface area (Å²) in [7, 11) is 0. The van der Waals surface area contributed by atoms with E-state index >= 15 is 0 Å². The lowest BCUT2D eigenvalue weighted by molar-refractivity contribution is 0.616. The molecule has 124 valence electrons. The van der Waals surface area contributed by atoms with Gasteiger partial charge in [-0.1, -0.05) is 42.5 Å². The topological polar surface area (TPSA) is 42.1 Å². The van der Waals surface area contributed by atoms with Gasteiger partial charge in [0.2, 0.25) is 0 Å². The van der Waals surface area contributed by atoms with Crippen LogP contribution in [0.3, 0.4) is 0 Å². The first kappa shape index (κ1) is 13.6. The maximum absolute atomic E-state index is 5.67. The minimum atomic E-state index is 0.894. The van der Waals surface area contributed by atoms with E-state index < -0.39 is 0 Å². The molecular formula is C22H15N3O. The molecule has 3 aromatic carbocycles. The Balaban J connectivity index is 1.88. The van der Waals surface area contributed by atoms with E-state index in [-0.39, 0.29) is 0 Å². The van der Waals surface area contributed by atoms with Crippen molar-refractivity contribution in [2.45, 2.75) is 0 Å². The first-order valence-corrected chi connectivity index (χ1v) is 8.62. The summed E-state index contributed by atoms with van der Waals surface area (Å²) in [6.07, 6.45) is 3.73. The van der Waals surface area contributed by atoms with Gasteiger partial charge in [-0.2, -0.15) is 0 Å². The lowest BCUT2D eigenvalue weighted by atomic mass is 10.1. The van der Waals surface area contributed by atoms with Crippen LogP contribution in [0, 0.1) is 0 Å². The molecule has 3 heterocycles. The Kier molecular flexibility index (Phi) is 2.58. The SMILES string of the molecule is C1=c2ccccc2=C(n2c3ccccc3c3cc4ccoc4cc32)NN1. The Hall–Kier alpha value is -3.66. The minimum absolute atomic E-state index is 0.894. The number of benzene rings is 3. The van der Waals surface area contributed by atoms with Gasteiger partial charge < -0.3 is 9.84 Å². The molecule has 4 heteroatoms. The van der Waals surface area contributed by atoms with Gasteiger partial charge in [-0.15, -0.1) is 0 Å². The van der Waals surface area contributed by atoms with Gasteiger partial charge in [0, 0.05) is 38.9 Å². The third-order valence-corrected chi connectivity index (χ3v) is 5.10. The van der Waals surface area contributed by atoms with Gasteiger partial charge in [-0.25, -0.2) is 0 Å². The molecule has 0 atom stereocenters. The summed E-state index contributed by atoms with van der Waals surface area (Å²) < 4.78 is 7.94. The fraction of sp³-hybridized carbons (Fsp3) is 0. The molecule has 0 amide bonds. The lowest BCUT2D eigenvalue weighted by Crippen LogP contribution is -2.45. The van der Waals surface area contributed by atoms with Crippen molar-refractivity contribution in [3.8, 4) is 0 Å². The number of furan rings is 1. The van der Waals surface area contributed by atoms with E-state index in [0.717, 1.165) is 38.3 Å². The fourth-order valence-electron chi connectivity index (χ4n) is 3.93. The average Bonchev–Trinajstić information content (AvgIpc) is 3.27. The van der Waals surface area contributed by atoms with Crippen molar-refractivity contribution in [3.63, 3.8) is 0 Å². The summed E-state index contributed by atoms with van der Waals surface area (Å²) >= 11 is 0. The average molecular weight is 337 g/mol. The summed E-state index contributed by atoms with van der Waals surface area (Å²) in [4.78, 5) is 0. The Labute approximate surface area is 148 Å². The molecule has 0 saturated carbocycles. The molecule has 1 aliphatic heterocycles. The number of fused-ring (bicyclic) bond motifs is 5. The molecule has 5 aromatic rings. The number of hydrogen-bond acceptors (Lipinski definition) is 3. The van der Waals surface area contributed by atoms with Crippen molar-refractivity contribution >= 4 is 44.8 Å². The zero-order chi connectivity index (χ0) is 17.1. The van der Waals surface area contributed by atoms with Gasteiger partial charge in [0.15, 0.2) is 0 Å². The van der Waals surface area contributed by atoms with Crippen LogP contribution in [0.2, 0.25) is 0 Å².